The van der Waals surface area contributed by atoms with E-state index in [0.717, 1.165) is 5.76 Å². The van der Waals surface area contributed by atoms with Crippen molar-refractivity contribution in [3.05, 3.63) is 59.5 Å². The van der Waals surface area contributed by atoms with E-state index in [9.17, 15) is 4.79 Å². The molecule has 1 atom stereocenters. The normalized spacial score (nSPS) is 11.6. The number of carbonyl (C=O) groups is 1. The molecule has 1 aromatic carbocycles. The molecule has 1 amide bonds. The fourth-order valence-corrected chi connectivity index (χ4v) is 1.82. The Balaban J connectivity index is 1.98. The van der Waals surface area contributed by atoms with Crippen LogP contribution in [0.5, 0.6) is 0 Å². The van der Waals surface area contributed by atoms with Crippen LogP contribution in [0.25, 0.3) is 0 Å². The molecule has 0 aliphatic carbocycles. The Morgan fingerprint density at radius 3 is 2.95 bits per heavy atom. The Morgan fingerprint density at radius 2 is 2.26 bits per heavy atom. The van der Waals surface area contributed by atoms with Crippen molar-refractivity contribution >= 4 is 5.91 Å². The number of carbonyl (C=O) groups excluding carboxylic acids is 1. The van der Waals surface area contributed by atoms with Crippen LogP contribution in [0, 0.1) is 11.3 Å². The molecule has 2 aromatic rings. The van der Waals surface area contributed by atoms with Crippen LogP contribution in [-0.4, -0.2) is 11.9 Å². The van der Waals surface area contributed by atoms with Gasteiger partial charge in [-0.3, -0.25) is 4.79 Å². The predicted molar refractivity (Wildman–Crippen MR) is 70.5 cm³/mol. The lowest BCUT2D eigenvalue weighted by Crippen LogP contribution is -2.34. The molecule has 0 aliphatic rings. The molecule has 0 bridgehead atoms. The fraction of sp³-hybridized carbons (Fsp3) is 0.200. The number of nitrogens with zero attached hydrogens (tertiary/aromatic N) is 1. The first-order valence-electron chi connectivity index (χ1n) is 6.02. The maximum absolute atomic E-state index is 12.0. The van der Waals surface area contributed by atoms with Gasteiger partial charge in [0.2, 0.25) is 0 Å². The summed E-state index contributed by atoms with van der Waals surface area (Å²) in [6.07, 6.45) is 2.25. The first kappa shape index (κ1) is 12.9. The largest absolute Gasteiger partial charge is 0.469 e. The van der Waals surface area contributed by atoms with Gasteiger partial charge < -0.3 is 9.73 Å². The van der Waals surface area contributed by atoms with Crippen LogP contribution >= 0.6 is 0 Å². The number of hydrogen-bond acceptors (Lipinski definition) is 3. The van der Waals surface area contributed by atoms with E-state index in [0.29, 0.717) is 17.5 Å². The molecule has 96 valence electrons. The molecule has 0 spiro atoms. The molecule has 1 aromatic heterocycles. The number of furan rings is 1. The monoisotopic (exact) mass is 254 g/mol. The van der Waals surface area contributed by atoms with Crippen molar-refractivity contribution in [2.75, 3.05) is 0 Å². The van der Waals surface area contributed by atoms with Crippen molar-refractivity contribution in [2.45, 2.75) is 19.4 Å². The third-order valence-corrected chi connectivity index (χ3v) is 2.72. The van der Waals surface area contributed by atoms with Gasteiger partial charge in [0.1, 0.15) is 5.76 Å². The van der Waals surface area contributed by atoms with E-state index >= 15 is 0 Å². The molecule has 19 heavy (non-hydrogen) atoms. The maximum Gasteiger partial charge on any atom is 0.251 e. The van der Waals surface area contributed by atoms with E-state index in [1.54, 1.807) is 30.5 Å². The van der Waals surface area contributed by atoms with E-state index in [1.165, 1.54) is 0 Å². The van der Waals surface area contributed by atoms with Gasteiger partial charge in [-0.2, -0.15) is 5.26 Å². The van der Waals surface area contributed by atoms with E-state index in [4.69, 9.17) is 9.68 Å². The smallest absolute Gasteiger partial charge is 0.251 e. The number of amides is 1. The van der Waals surface area contributed by atoms with Gasteiger partial charge in [-0.25, -0.2) is 0 Å². The number of nitrogens with one attached hydrogen (secondary N) is 1. The van der Waals surface area contributed by atoms with Gasteiger partial charge in [0.15, 0.2) is 0 Å². The van der Waals surface area contributed by atoms with Crippen molar-refractivity contribution in [3.63, 3.8) is 0 Å². The van der Waals surface area contributed by atoms with Gasteiger partial charge in [-0.1, -0.05) is 6.07 Å². The molecule has 0 saturated heterocycles. The molecule has 0 saturated carbocycles. The summed E-state index contributed by atoms with van der Waals surface area (Å²) in [7, 11) is 0. The van der Waals surface area contributed by atoms with Crippen LogP contribution < -0.4 is 5.32 Å². The minimum Gasteiger partial charge on any atom is -0.469 e. The molecular weight excluding hydrogens is 240 g/mol. The zero-order valence-electron chi connectivity index (χ0n) is 10.6. The van der Waals surface area contributed by atoms with E-state index in [-0.39, 0.29) is 11.9 Å². The van der Waals surface area contributed by atoms with E-state index in [2.05, 4.69) is 5.32 Å². The summed E-state index contributed by atoms with van der Waals surface area (Å²) in [6, 6.07) is 12.3. The number of benzene rings is 1. The summed E-state index contributed by atoms with van der Waals surface area (Å²) < 4.78 is 5.23. The summed E-state index contributed by atoms with van der Waals surface area (Å²) in [6.45, 7) is 1.91. The summed E-state index contributed by atoms with van der Waals surface area (Å²) in [5, 5.41) is 11.7. The first-order valence-corrected chi connectivity index (χ1v) is 6.02. The van der Waals surface area contributed by atoms with Crippen LogP contribution in [0.3, 0.4) is 0 Å². The molecule has 2 rings (SSSR count). The maximum atomic E-state index is 12.0. The Hall–Kier alpha value is -2.54. The molecule has 0 fully saturated rings. The molecule has 4 heteroatoms. The summed E-state index contributed by atoms with van der Waals surface area (Å²) >= 11 is 0. The zero-order chi connectivity index (χ0) is 13.7. The Kier molecular flexibility index (Phi) is 3.99. The fourth-order valence-electron chi connectivity index (χ4n) is 1.82. The van der Waals surface area contributed by atoms with Gasteiger partial charge in [-0.05, 0) is 37.3 Å². The highest BCUT2D eigenvalue weighted by atomic mass is 16.3. The average Bonchev–Trinajstić information content (AvgIpc) is 2.91. The summed E-state index contributed by atoms with van der Waals surface area (Å²) in [5.41, 5.74) is 0.969. The van der Waals surface area contributed by atoms with Crippen LogP contribution in [0.2, 0.25) is 0 Å². The lowest BCUT2D eigenvalue weighted by atomic mass is 10.1. The zero-order valence-corrected chi connectivity index (χ0v) is 10.6. The number of hydrogen-bond donors (Lipinski definition) is 1. The van der Waals surface area contributed by atoms with Crippen molar-refractivity contribution < 1.29 is 9.21 Å². The van der Waals surface area contributed by atoms with Gasteiger partial charge in [0.05, 0.1) is 17.9 Å². The van der Waals surface area contributed by atoms with Crippen LogP contribution in [-0.2, 0) is 6.42 Å². The lowest BCUT2D eigenvalue weighted by Gasteiger charge is -2.12. The third kappa shape index (κ3) is 3.46. The highest BCUT2D eigenvalue weighted by Gasteiger charge is 2.11. The quantitative estimate of drug-likeness (QED) is 0.911. The van der Waals surface area contributed by atoms with E-state index in [1.807, 2.05) is 25.1 Å². The van der Waals surface area contributed by atoms with Crippen molar-refractivity contribution in [2.24, 2.45) is 0 Å². The number of nitriles is 1. The molecule has 1 N–H and O–H groups in total. The van der Waals surface area contributed by atoms with E-state index < -0.39 is 0 Å². The second-order valence-corrected chi connectivity index (χ2v) is 4.35. The first-order chi connectivity index (χ1) is 9.19. The van der Waals surface area contributed by atoms with Crippen LogP contribution in [0.1, 0.15) is 28.6 Å². The molecule has 1 unspecified atom stereocenters. The summed E-state index contributed by atoms with van der Waals surface area (Å²) in [4.78, 5) is 12.0. The van der Waals surface area contributed by atoms with Crippen molar-refractivity contribution in [3.8, 4) is 6.07 Å². The van der Waals surface area contributed by atoms with Gasteiger partial charge in [0, 0.05) is 18.0 Å². The Labute approximate surface area is 111 Å². The lowest BCUT2D eigenvalue weighted by molar-refractivity contribution is 0.0939. The molecule has 4 nitrogen and oxygen atoms in total. The highest BCUT2D eigenvalue weighted by molar-refractivity contribution is 5.94. The standard InChI is InChI=1S/C15H14N2O2/c1-11(8-14-6-3-7-19-14)17-15(18)13-5-2-4-12(9-13)10-16/h2-7,9,11H,8H2,1H3,(H,17,18). The Bertz CT molecular complexity index is 597. The van der Waals surface area contributed by atoms with Crippen LogP contribution in [0.15, 0.2) is 47.1 Å². The van der Waals surface area contributed by atoms with Gasteiger partial charge >= 0.3 is 0 Å². The SMILES string of the molecule is CC(Cc1ccco1)NC(=O)c1cccc(C#N)c1. The summed E-state index contributed by atoms with van der Waals surface area (Å²) in [5.74, 6) is 0.648. The molecule has 0 aliphatic heterocycles. The van der Waals surface area contributed by atoms with Crippen molar-refractivity contribution in [1.29, 1.82) is 5.26 Å². The average molecular weight is 254 g/mol. The van der Waals surface area contributed by atoms with Crippen LogP contribution in [0.4, 0.5) is 0 Å². The highest BCUT2D eigenvalue weighted by Crippen LogP contribution is 2.07. The Morgan fingerprint density at radius 1 is 1.42 bits per heavy atom. The minimum atomic E-state index is -0.184. The minimum absolute atomic E-state index is 0.0376. The second-order valence-electron chi connectivity index (χ2n) is 4.35. The second kappa shape index (κ2) is 5.87. The predicted octanol–water partition coefficient (Wildman–Crippen LogP) is 2.51. The third-order valence-electron chi connectivity index (χ3n) is 2.72. The molecule has 0 radical (unpaired) electrons. The van der Waals surface area contributed by atoms with Gasteiger partial charge in [0.25, 0.3) is 5.91 Å². The number of rotatable bonds is 4. The van der Waals surface area contributed by atoms with Crippen molar-refractivity contribution in [1.82, 2.24) is 5.32 Å². The topological polar surface area (TPSA) is 66.0 Å². The van der Waals surface area contributed by atoms with Gasteiger partial charge in [-0.15, -0.1) is 0 Å². The molecular formula is C15H14N2O2. The molecule has 1 heterocycles.